The normalized spacial score (nSPS) is 18.3. The number of fused-ring (bicyclic) bond motifs is 2. The SMILES string of the molecule is Cc1c(Br)ccc2c1C(=Cc1nc3c(s1)CCCC3)C(=O)N2. The molecule has 2 aromatic rings. The zero-order valence-corrected chi connectivity index (χ0v) is 14.6. The lowest BCUT2D eigenvalue weighted by Crippen LogP contribution is -2.03. The molecule has 4 rings (SSSR count). The van der Waals surface area contributed by atoms with E-state index >= 15 is 0 Å². The van der Waals surface area contributed by atoms with Crippen LogP contribution in [0.25, 0.3) is 11.6 Å². The standard InChI is InChI=1S/C17H15BrN2OS/c1-9-11(18)6-7-13-16(9)10(17(21)20-13)8-15-19-12-4-2-3-5-14(12)22-15/h6-8H,2-5H2,1H3,(H,20,21). The molecule has 0 fully saturated rings. The fourth-order valence-electron chi connectivity index (χ4n) is 3.14. The van der Waals surface area contributed by atoms with Gasteiger partial charge in [0.15, 0.2) is 0 Å². The van der Waals surface area contributed by atoms with Gasteiger partial charge in [-0.15, -0.1) is 11.3 Å². The number of benzene rings is 1. The average Bonchev–Trinajstić information content (AvgIpc) is 3.05. The molecular formula is C17H15BrN2OS. The molecular weight excluding hydrogens is 360 g/mol. The second-order valence-electron chi connectivity index (χ2n) is 5.74. The molecule has 112 valence electrons. The van der Waals surface area contributed by atoms with Crippen molar-refractivity contribution in [3.8, 4) is 0 Å². The second-order valence-corrected chi connectivity index (χ2v) is 7.71. The van der Waals surface area contributed by atoms with Crippen molar-refractivity contribution in [2.24, 2.45) is 0 Å². The lowest BCUT2D eigenvalue weighted by Gasteiger charge is -2.06. The molecule has 2 heterocycles. The summed E-state index contributed by atoms with van der Waals surface area (Å²) >= 11 is 5.28. The number of aromatic nitrogens is 1. The van der Waals surface area contributed by atoms with Crippen molar-refractivity contribution in [3.63, 3.8) is 0 Å². The van der Waals surface area contributed by atoms with E-state index in [4.69, 9.17) is 4.98 Å². The third-order valence-electron chi connectivity index (χ3n) is 4.29. The Bertz CT molecular complexity index is 799. The molecule has 1 aliphatic carbocycles. The van der Waals surface area contributed by atoms with Crippen LogP contribution >= 0.6 is 27.3 Å². The summed E-state index contributed by atoms with van der Waals surface area (Å²) in [5, 5.41) is 3.89. The topological polar surface area (TPSA) is 42.0 Å². The van der Waals surface area contributed by atoms with Crippen molar-refractivity contribution in [1.29, 1.82) is 0 Å². The predicted octanol–water partition coefficient (Wildman–Crippen LogP) is 4.59. The van der Waals surface area contributed by atoms with Gasteiger partial charge in [-0.25, -0.2) is 4.98 Å². The van der Waals surface area contributed by atoms with Crippen LogP contribution in [0.15, 0.2) is 16.6 Å². The van der Waals surface area contributed by atoms with Gasteiger partial charge in [0.1, 0.15) is 5.01 Å². The molecule has 0 radical (unpaired) electrons. The first-order valence-corrected chi connectivity index (χ1v) is 9.05. The molecule has 1 aliphatic heterocycles. The molecule has 1 N–H and O–H groups in total. The van der Waals surface area contributed by atoms with E-state index in [0.717, 1.165) is 44.7 Å². The number of thiazole rings is 1. The highest BCUT2D eigenvalue weighted by Gasteiger charge is 2.27. The van der Waals surface area contributed by atoms with Crippen LogP contribution in [-0.2, 0) is 17.6 Å². The molecule has 0 atom stereocenters. The van der Waals surface area contributed by atoms with E-state index in [2.05, 4.69) is 21.2 Å². The van der Waals surface area contributed by atoms with E-state index in [1.165, 1.54) is 23.4 Å². The van der Waals surface area contributed by atoms with Gasteiger partial charge in [-0.1, -0.05) is 15.9 Å². The zero-order chi connectivity index (χ0) is 15.3. The number of carbonyl (C=O) groups is 1. The summed E-state index contributed by atoms with van der Waals surface area (Å²) in [6.45, 7) is 2.03. The van der Waals surface area contributed by atoms with Crippen molar-refractivity contribution >= 4 is 50.5 Å². The number of amides is 1. The molecule has 0 spiro atoms. The largest absolute Gasteiger partial charge is 0.321 e. The monoisotopic (exact) mass is 374 g/mol. The molecule has 1 aromatic heterocycles. The molecule has 22 heavy (non-hydrogen) atoms. The Hall–Kier alpha value is -1.46. The van der Waals surface area contributed by atoms with Gasteiger partial charge in [-0.3, -0.25) is 4.79 Å². The van der Waals surface area contributed by atoms with E-state index in [1.54, 1.807) is 11.3 Å². The number of hydrogen-bond acceptors (Lipinski definition) is 3. The first-order chi connectivity index (χ1) is 10.6. The Labute approximate surface area is 141 Å². The average molecular weight is 375 g/mol. The lowest BCUT2D eigenvalue weighted by atomic mass is 10.0. The van der Waals surface area contributed by atoms with Crippen molar-refractivity contribution in [2.45, 2.75) is 32.6 Å². The van der Waals surface area contributed by atoms with Crippen molar-refractivity contribution in [1.82, 2.24) is 4.98 Å². The number of aryl methyl sites for hydroxylation is 2. The summed E-state index contributed by atoms with van der Waals surface area (Å²) < 4.78 is 1.02. The van der Waals surface area contributed by atoms with E-state index in [0.29, 0.717) is 0 Å². The number of halogens is 1. The van der Waals surface area contributed by atoms with Gasteiger partial charge < -0.3 is 5.32 Å². The van der Waals surface area contributed by atoms with Gasteiger partial charge >= 0.3 is 0 Å². The van der Waals surface area contributed by atoms with Crippen LogP contribution < -0.4 is 5.32 Å². The van der Waals surface area contributed by atoms with Gasteiger partial charge in [0.25, 0.3) is 5.91 Å². The fraction of sp³-hybridized carbons (Fsp3) is 0.294. The van der Waals surface area contributed by atoms with E-state index < -0.39 is 0 Å². The molecule has 0 bridgehead atoms. The minimum atomic E-state index is -0.0376. The summed E-state index contributed by atoms with van der Waals surface area (Å²) in [5.74, 6) is -0.0376. The van der Waals surface area contributed by atoms with E-state index in [1.807, 2.05) is 25.1 Å². The quantitative estimate of drug-likeness (QED) is 0.741. The highest BCUT2D eigenvalue weighted by atomic mass is 79.9. The van der Waals surface area contributed by atoms with Crippen LogP contribution in [0, 0.1) is 6.92 Å². The van der Waals surface area contributed by atoms with Gasteiger partial charge in [-0.05, 0) is 56.4 Å². The predicted molar refractivity (Wildman–Crippen MR) is 94.1 cm³/mol. The number of hydrogen-bond donors (Lipinski definition) is 1. The maximum Gasteiger partial charge on any atom is 0.256 e. The summed E-state index contributed by atoms with van der Waals surface area (Å²) in [6, 6.07) is 3.91. The highest BCUT2D eigenvalue weighted by molar-refractivity contribution is 9.10. The van der Waals surface area contributed by atoms with Crippen LogP contribution in [0.5, 0.6) is 0 Å². The van der Waals surface area contributed by atoms with Crippen molar-refractivity contribution in [2.75, 3.05) is 5.32 Å². The zero-order valence-electron chi connectivity index (χ0n) is 12.2. The van der Waals surface area contributed by atoms with Gasteiger partial charge in [0.2, 0.25) is 0 Å². The fourth-order valence-corrected chi connectivity index (χ4v) is 4.56. The maximum absolute atomic E-state index is 12.3. The van der Waals surface area contributed by atoms with Crippen LogP contribution in [0.3, 0.4) is 0 Å². The minimum absolute atomic E-state index is 0.0376. The highest BCUT2D eigenvalue weighted by Crippen LogP contribution is 2.39. The summed E-state index contributed by atoms with van der Waals surface area (Å²) in [4.78, 5) is 18.4. The van der Waals surface area contributed by atoms with E-state index in [9.17, 15) is 4.79 Å². The Morgan fingerprint density at radius 1 is 1.32 bits per heavy atom. The smallest absolute Gasteiger partial charge is 0.256 e. The lowest BCUT2D eigenvalue weighted by molar-refractivity contribution is -0.110. The molecule has 0 saturated heterocycles. The van der Waals surface area contributed by atoms with Crippen LogP contribution in [0.1, 0.15) is 39.5 Å². The van der Waals surface area contributed by atoms with Crippen molar-refractivity contribution in [3.05, 3.63) is 43.3 Å². The summed E-state index contributed by atoms with van der Waals surface area (Å²) in [5.41, 5.74) is 4.92. The van der Waals surface area contributed by atoms with Gasteiger partial charge in [-0.2, -0.15) is 0 Å². The summed E-state index contributed by atoms with van der Waals surface area (Å²) in [7, 11) is 0. The Morgan fingerprint density at radius 3 is 2.95 bits per heavy atom. The Balaban J connectivity index is 1.82. The number of anilines is 1. The van der Waals surface area contributed by atoms with Crippen LogP contribution in [0.4, 0.5) is 5.69 Å². The molecule has 1 amide bonds. The first-order valence-electron chi connectivity index (χ1n) is 7.44. The second kappa shape index (κ2) is 5.32. The summed E-state index contributed by atoms with van der Waals surface area (Å²) in [6.07, 6.45) is 6.62. The Kier molecular flexibility index (Phi) is 3.42. The van der Waals surface area contributed by atoms with E-state index in [-0.39, 0.29) is 5.91 Å². The van der Waals surface area contributed by atoms with Crippen LogP contribution in [0.2, 0.25) is 0 Å². The van der Waals surface area contributed by atoms with Gasteiger partial charge in [0.05, 0.1) is 11.3 Å². The molecule has 5 heteroatoms. The Morgan fingerprint density at radius 2 is 2.14 bits per heavy atom. The molecule has 0 unspecified atom stereocenters. The minimum Gasteiger partial charge on any atom is -0.321 e. The number of rotatable bonds is 1. The first kappa shape index (κ1) is 14.2. The third kappa shape index (κ3) is 2.23. The molecule has 1 aromatic carbocycles. The maximum atomic E-state index is 12.3. The van der Waals surface area contributed by atoms with Gasteiger partial charge in [0, 0.05) is 20.6 Å². The number of nitrogens with zero attached hydrogens (tertiary/aromatic N) is 1. The number of carbonyl (C=O) groups excluding carboxylic acids is 1. The third-order valence-corrected chi connectivity index (χ3v) is 6.25. The number of nitrogens with one attached hydrogen (secondary N) is 1. The molecule has 0 saturated carbocycles. The van der Waals surface area contributed by atoms with Crippen molar-refractivity contribution < 1.29 is 4.79 Å². The molecule has 2 aliphatic rings. The van der Waals surface area contributed by atoms with Crippen LogP contribution in [-0.4, -0.2) is 10.9 Å². The molecule has 3 nitrogen and oxygen atoms in total.